The smallest absolute Gasteiger partial charge is 0.103 e. The molecule has 2 heteroatoms. The maximum absolute atomic E-state index is 4.24. The predicted molar refractivity (Wildman–Crippen MR) is 55.9 cm³/mol. The van der Waals surface area contributed by atoms with Crippen molar-refractivity contribution < 1.29 is 0 Å². The summed E-state index contributed by atoms with van der Waals surface area (Å²) in [7, 11) is 0. The molecular formula is C11H20N2. The van der Waals surface area contributed by atoms with Crippen molar-refractivity contribution in [3.63, 3.8) is 0 Å². The number of hydrogen-bond donors (Lipinski definition) is 1. The van der Waals surface area contributed by atoms with E-state index in [2.05, 4.69) is 30.7 Å². The minimum atomic E-state index is 0.247. The molecule has 1 aromatic heterocycles. The third kappa shape index (κ3) is 2.58. The number of aromatic amines is 1. The second-order valence-electron chi connectivity index (χ2n) is 4.37. The Bertz CT molecular complexity index is 261. The zero-order valence-corrected chi connectivity index (χ0v) is 9.15. The third-order valence-corrected chi connectivity index (χ3v) is 2.59. The standard InChI is InChI=1S/C11H20N2/c1-5-6-7-11(3,4)10-8-12-9(2)13-10/h8H,5-7H2,1-4H3,(H,12,13). The van der Waals surface area contributed by atoms with Crippen LogP contribution in [0.4, 0.5) is 0 Å². The van der Waals surface area contributed by atoms with Crippen LogP contribution < -0.4 is 0 Å². The summed E-state index contributed by atoms with van der Waals surface area (Å²) in [6.45, 7) is 8.78. The number of hydrogen-bond acceptors (Lipinski definition) is 1. The van der Waals surface area contributed by atoms with Crippen molar-refractivity contribution in [2.75, 3.05) is 0 Å². The van der Waals surface area contributed by atoms with Crippen molar-refractivity contribution in [1.29, 1.82) is 0 Å². The first-order chi connectivity index (χ1) is 6.06. The van der Waals surface area contributed by atoms with Crippen LogP contribution in [-0.2, 0) is 5.41 Å². The van der Waals surface area contributed by atoms with Gasteiger partial charge in [-0.05, 0) is 13.3 Å². The second kappa shape index (κ2) is 3.95. The molecule has 0 bridgehead atoms. The molecule has 1 N–H and O–H groups in total. The summed E-state index contributed by atoms with van der Waals surface area (Å²) in [6, 6.07) is 0. The highest BCUT2D eigenvalue weighted by Crippen LogP contribution is 2.27. The highest BCUT2D eigenvalue weighted by atomic mass is 14.9. The van der Waals surface area contributed by atoms with Gasteiger partial charge in [-0.1, -0.05) is 33.6 Å². The lowest BCUT2D eigenvalue weighted by Gasteiger charge is -2.22. The molecule has 0 saturated carbocycles. The van der Waals surface area contributed by atoms with Gasteiger partial charge in [-0.3, -0.25) is 0 Å². The van der Waals surface area contributed by atoms with E-state index < -0.39 is 0 Å². The molecule has 74 valence electrons. The number of aromatic nitrogens is 2. The topological polar surface area (TPSA) is 28.7 Å². The van der Waals surface area contributed by atoms with E-state index in [-0.39, 0.29) is 5.41 Å². The maximum Gasteiger partial charge on any atom is 0.103 e. The van der Waals surface area contributed by atoms with Crippen LogP contribution in [0.3, 0.4) is 0 Å². The van der Waals surface area contributed by atoms with E-state index in [1.54, 1.807) is 0 Å². The average Bonchev–Trinajstić information content (AvgIpc) is 2.49. The molecule has 0 aliphatic heterocycles. The van der Waals surface area contributed by atoms with E-state index in [4.69, 9.17) is 0 Å². The number of nitrogens with one attached hydrogen (secondary N) is 1. The average molecular weight is 180 g/mol. The van der Waals surface area contributed by atoms with E-state index in [0.29, 0.717) is 0 Å². The second-order valence-corrected chi connectivity index (χ2v) is 4.37. The normalized spacial score (nSPS) is 12.0. The van der Waals surface area contributed by atoms with Crippen molar-refractivity contribution in [3.05, 3.63) is 17.7 Å². The molecule has 0 aliphatic rings. The number of nitrogens with zero attached hydrogens (tertiary/aromatic N) is 1. The Hall–Kier alpha value is -0.790. The number of aryl methyl sites for hydroxylation is 1. The van der Waals surface area contributed by atoms with Gasteiger partial charge >= 0.3 is 0 Å². The Morgan fingerprint density at radius 2 is 2.15 bits per heavy atom. The fourth-order valence-corrected chi connectivity index (χ4v) is 1.52. The van der Waals surface area contributed by atoms with Gasteiger partial charge in [-0.15, -0.1) is 0 Å². The van der Waals surface area contributed by atoms with Crippen LogP contribution in [0.2, 0.25) is 0 Å². The van der Waals surface area contributed by atoms with Crippen molar-refractivity contribution in [2.24, 2.45) is 0 Å². The molecule has 0 aromatic carbocycles. The van der Waals surface area contributed by atoms with Crippen molar-refractivity contribution >= 4 is 0 Å². The van der Waals surface area contributed by atoms with E-state index in [0.717, 1.165) is 5.82 Å². The van der Waals surface area contributed by atoms with Gasteiger partial charge in [0, 0.05) is 17.3 Å². The Kier molecular flexibility index (Phi) is 3.12. The first-order valence-electron chi connectivity index (χ1n) is 5.08. The van der Waals surface area contributed by atoms with Crippen LogP contribution in [0.25, 0.3) is 0 Å². The molecule has 1 aromatic rings. The molecule has 0 aliphatic carbocycles. The van der Waals surface area contributed by atoms with Crippen LogP contribution in [0.5, 0.6) is 0 Å². The van der Waals surface area contributed by atoms with Gasteiger partial charge in [0.05, 0.1) is 0 Å². The summed E-state index contributed by atoms with van der Waals surface area (Å²) in [5.74, 6) is 1.01. The summed E-state index contributed by atoms with van der Waals surface area (Å²) in [5, 5.41) is 0. The van der Waals surface area contributed by atoms with Crippen LogP contribution in [0, 0.1) is 6.92 Å². The molecule has 0 saturated heterocycles. The SMILES string of the molecule is CCCCC(C)(C)c1cnc(C)[nH]1. The van der Waals surface area contributed by atoms with E-state index in [1.807, 2.05) is 13.1 Å². The molecule has 2 nitrogen and oxygen atoms in total. The van der Waals surface area contributed by atoms with Gasteiger partial charge in [-0.2, -0.15) is 0 Å². The molecule has 1 heterocycles. The summed E-state index contributed by atoms with van der Waals surface area (Å²) in [4.78, 5) is 7.55. The van der Waals surface area contributed by atoms with Crippen molar-refractivity contribution in [3.8, 4) is 0 Å². The van der Waals surface area contributed by atoms with Crippen LogP contribution >= 0.6 is 0 Å². The summed E-state index contributed by atoms with van der Waals surface area (Å²) < 4.78 is 0. The predicted octanol–water partition coefficient (Wildman–Crippen LogP) is 3.19. The van der Waals surface area contributed by atoms with Crippen molar-refractivity contribution in [2.45, 2.75) is 52.4 Å². The third-order valence-electron chi connectivity index (χ3n) is 2.59. The highest BCUT2D eigenvalue weighted by molar-refractivity contribution is 5.12. The lowest BCUT2D eigenvalue weighted by molar-refractivity contribution is 0.447. The number of unbranched alkanes of at least 4 members (excludes halogenated alkanes) is 1. The quantitative estimate of drug-likeness (QED) is 0.757. The largest absolute Gasteiger partial charge is 0.346 e. The van der Waals surface area contributed by atoms with E-state index in [9.17, 15) is 0 Å². The number of H-pyrrole nitrogens is 1. The van der Waals surface area contributed by atoms with Gasteiger partial charge in [0.15, 0.2) is 0 Å². The molecule has 0 fully saturated rings. The summed E-state index contributed by atoms with van der Waals surface area (Å²) in [5.41, 5.74) is 1.51. The fraction of sp³-hybridized carbons (Fsp3) is 0.727. The van der Waals surface area contributed by atoms with Gasteiger partial charge in [0.1, 0.15) is 5.82 Å². The van der Waals surface area contributed by atoms with Crippen LogP contribution in [0.15, 0.2) is 6.20 Å². The molecule has 13 heavy (non-hydrogen) atoms. The zero-order valence-electron chi connectivity index (χ0n) is 9.15. The lowest BCUT2D eigenvalue weighted by atomic mass is 9.84. The summed E-state index contributed by atoms with van der Waals surface area (Å²) in [6.07, 6.45) is 5.73. The highest BCUT2D eigenvalue weighted by Gasteiger charge is 2.21. The molecule has 0 unspecified atom stereocenters. The first-order valence-corrected chi connectivity index (χ1v) is 5.08. The minimum absolute atomic E-state index is 0.247. The van der Waals surface area contributed by atoms with Crippen molar-refractivity contribution in [1.82, 2.24) is 9.97 Å². The number of imidazole rings is 1. The van der Waals surface area contributed by atoms with Gasteiger partial charge in [0.2, 0.25) is 0 Å². The van der Waals surface area contributed by atoms with Gasteiger partial charge < -0.3 is 4.98 Å². The Morgan fingerprint density at radius 1 is 1.46 bits per heavy atom. The first kappa shape index (κ1) is 10.3. The Labute approximate surface area is 80.8 Å². The lowest BCUT2D eigenvalue weighted by Crippen LogP contribution is -2.17. The van der Waals surface area contributed by atoms with Gasteiger partial charge in [0.25, 0.3) is 0 Å². The Balaban J connectivity index is 2.68. The van der Waals surface area contributed by atoms with E-state index >= 15 is 0 Å². The molecule has 0 spiro atoms. The maximum atomic E-state index is 4.24. The number of rotatable bonds is 4. The molecule has 1 rings (SSSR count). The molecule has 0 amide bonds. The van der Waals surface area contributed by atoms with Crippen LogP contribution in [0.1, 0.15) is 51.6 Å². The zero-order chi connectivity index (χ0) is 9.90. The van der Waals surface area contributed by atoms with Crippen LogP contribution in [-0.4, -0.2) is 9.97 Å². The molecule has 0 atom stereocenters. The monoisotopic (exact) mass is 180 g/mol. The summed E-state index contributed by atoms with van der Waals surface area (Å²) >= 11 is 0. The molecule has 0 radical (unpaired) electrons. The fourth-order valence-electron chi connectivity index (χ4n) is 1.52. The molecular weight excluding hydrogens is 160 g/mol. The minimum Gasteiger partial charge on any atom is -0.346 e. The van der Waals surface area contributed by atoms with Gasteiger partial charge in [-0.25, -0.2) is 4.98 Å². The Morgan fingerprint density at radius 3 is 2.62 bits per heavy atom. The van der Waals surface area contributed by atoms with E-state index in [1.165, 1.54) is 25.0 Å².